The van der Waals surface area contributed by atoms with Crippen molar-refractivity contribution in [2.45, 2.75) is 18.4 Å². The second kappa shape index (κ2) is 8.53. The van der Waals surface area contributed by atoms with E-state index in [1.807, 2.05) is 6.92 Å². The Hall–Kier alpha value is -2.72. The van der Waals surface area contributed by atoms with Crippen LogP contribution in [0.4, 0.5) is 5.82 Å². The van der Waals surface area contributed by atoms with E-state index in [0.29, 0.717) is 10.5 Å². The quantitative estimate of drug-likeness (QED) is 0.571. The summed E-state index contributed by atoms with van der Waals surface area (Å²) in [5.41, 5.74) is 1.72. The number of nitrogens with one attached hydrogen (secondary N) is 1. The lowest BCUT2D eigenvalue weighted by molar-refractivity contribution is 0.293. The van der Waals surface area contributed by atoms with Crippen LogP contribution >= 0.6 is 15.9 Å². The highest BCUT2D eigenvalue weighted by molar-refractivity contribution is 9.10. The first-order chi connectivity index (χ1) is 13.4. The van der Waals surface area contributed by atoms with Crippen molar-refractivity contribution in [3.05, 3.63) is 64.5 Å². The number of benzene rings is 1. The molecule has 0 saturated carbocycles. The third kappa shape index (κ3) is 4.96. The smallest absolute Gasteiger partial charge is 0.263 e. The Morgan fingerprint density at radius 3 is 2.46 bits per heavy atom. The van der Waals surface area contributed by atoms with E-state index in [1.165, 1.54) is 25.4 Å². The number of ether oxygens (including phenoxy) is 2. The Morgan fingerprint density at radius 2 is 1.82 bits per heavy atom. The average Bonchev–Trinajstić information content (AvgIpc) is 2.68. The fourth-order valence-electron chi connectivity index (χ4n) is 2.19. The molecule has 2 heterocycles. The fourth-order valence-corrected chi connectivity index (χ4v) is 3.47. The van der Waals surface area contributed by atoms with Gasteiger partial charge in [-0.25, -0.2) is 23.4 Å². The zero-order valence-corrected chi connectivity index (χ0v) is 17.5. The maximum atomic E-state index is 12.6. The van der Waals surface area contributed by atoms with Gasteiger partial charge in [0, 0.05) is 17.8 Å². The number of rotatable bonds is 7. The second-order valence-corrected chi connectivity index (χ2v) is 8.26. The van der Waals surface area contributed by atoms with Crippen molar-refractivity contribution >= 4 is 31.8 Å². The van der Waals surface area contributed by atoms with Gasteiger partial charge in [0.25, 0.3) is 15.9 Å². The molecule has 0 aliphatic rings. The molecule has 0 atom stereocenters. The molecule has 0 aliphatic heterocycles. The van der Waals surface area contributed by atoms with Crippen LogP contribution in [0.1, 0.15) is 11.1 Å². The van der Waals surface area contributed by atoms with Gasteiger partial charge < -0.3 is 9.47 Å². The summed E-state index contributed by atoms with van der Waals surface area (Å²) in [6.45, 7) is 2.01. The highest BCUT2D eigenvalue weighted by atomic mass is 79.9. The number of aryl methyl sites for hydroxylation is 1. The zero-order chi connectivity index (χ0) is 20.1. The predicted octanol–water partition coefficient (Wildman–Crippen LogP) is 3.33. The van der Waals surface area contributed by atoms with Crippen LogP contribution < -0.4 is 14.2 Å². The molecular weight excluding hydrogens is 448 g/mol. The van der Waals surface area contributed by atoms with E-state index in [4.69, 9.17) is 9.47 Å². The van der Waals surface area contributed by atoms with Gasteiger partial charge in [0.2, 0.25) is 11.7 Å². The van der Waals surface area contributed by atoms with Crippen molar-refractivity contribution in [1.82, 2.24) is 15.0 Å². The monoisotopic (exact) mass is 464 g/mol. The molecule has 1 aromatic carbocycles. The minimum Gasteiger partial charge on any atom is -0.481 e. The molecule has 1 N–H and O–H groups in total. The third-order valence-corrected chi connectivity index (χ3v) is 5.39. The molecule has 28 heavy (non-hydrogen) atoms. The molecule has 0 fully saturated rings. The van der Waals surface area contributed by atoms with Gasteiger partial charge in [-0.3, -0.25) is 4.72 Å². The van der Waals surface area contributed by atoms with Crippen LogP contribution in [0, 0.1) is 6.92 Å². The molecule has 8 nitrogen and oxygen atoms in total. The predicted molar refractivity (Wildman–Crippen MR) is 107 cm³/mol. The number of pyridine rings is 1. The van der Waals surface area contributed by atoms with Gasteiger partial charge in [0.15, 0.2) is 0 Å². The Kier molecular flexibility index (Phi) is 6.10. The summed E-state index contributed by atoms with van der Waals surface area (Å²) in [5.74, 6) is 0.517. The fraction of sp³-hybridized carbons (Fsp3) is 0.167. The normalized spacial score (nSPS) is 11.1. The minimum atomic E-state index is -3.83. The van der Waals surface area contributed by atoms with Gasteiger partial charge in [-0.1, -0.05) is 17.7 Å². The molecule has 2 aromatic heterocycles. The van der Waals surface area contributed by atoms with E-state index in [1.54, 1.807) is 30.5 Å². The van der Waals surface area contributed by atoms with Crippen LogP contribution in [0.25, 0.3) is 0 Å². The molecule has 0 aliphatic carbocycles. The van der Waals surface area contributed by atoms with Crippen LogP contribution in [0.5, 0.6) is 11.8 Å². The lowest BCUT2D eigenvalue weighted by atomic mass is 10.2. The van der Waals surface area contributed by atoms with Gasteiger partial charge in [-0.05, 0) is 41.1 Å². The number of anilines is 1. The standard InChI is InChI=1S/C18H17BrN4O4S/c1-12-3-6-14(7-4-12)28(24,25)23-17-18(22-15(19)10-21-17)27-11-13-5-8-16(26-2)20-9-13/h3-10H,11H2,1-2H3,(H,21,23). The maximum absolute atomic E-state index is 12.6. The Labute approximate surface area is 171 Å². The molecule has 0 spiro atoms. The molecule has 0 radical (unpaired) electrons. The summed E-state index contributed by atoms with van der Waals surface area (Å²) in [6.07, 6.45) is 2.98. The molecule has 0 bridgehead atoms. The number of hydrogen-bond acceptors (Lipinski definition) is 7. The van der Waals surface area contributed by atoms with Crippen LogP contribution in [-0.4, -0.2) is 30.5 Å². The number of sulfonamides is 1. The Balaban J connectivity index is 1.80. The van der Waals surface area contributed by atoms with Crippen LogP contribution in [0.3, 0.4) is 0 Å². The molecule has 0 unspecified atom stereocenters. The van der Waals surface area contributed by atoms with Gasteiger partial charge in [0.1, 0.15) is 11.2 Å². The van der Waals surface area contributed by atoms with E-state index in [9.17, 15) is 8.42 Å². The third-order valence-electron chi connectivity index (χ3n) is 3.66. The van der Waals surface area contributed by atoms with Gasteiger partial charge in [0.05, 0.1) is 18.2 Å². The Morgan fingerprint density at radius 1 is 1.07 bits per heavy atom. The van der Waals surface area contributed by atoms with E-state index >= 15 is 0 Å². The number of nitrogens with zero attached hydrogens (tertiary/aromatic N) is 3. The van der Waals surface area contributed by atoms with E-state index < -0.39 is 10.0 Å². The molecule has 3 aromatic rings. The number of halogens is 1. The van der Waals surface area contributed by atoms with E-state index in [2.05, 4.69) is 35.6 Å². The van der Waals surface area contributed by atoms with Crippen molar-refractivity contribution in [3.8, 4) is 11.8 Å². The van der Waals surface area contributed by atoms with Crippen molar-refractivity contribution < 1.29 is 17.9 Å². The molecular formula is C18H17BrN4O4S. The maximum Gasteiger partial charge on any atom is 0.263 e. The molecule has 146 valence electrons. The van der Waals surface area contributed by atoms with E-state index in [-0.39, 0.29) is 23.2 Å². The topological polar surface area (TPSA) is 103 Å². The minimum absolute atomic E-state index is 0.00903. The largest absolute Gasteiger partial charge is 0.481 e. The highest BCUT2D eigenvalue weighted by Crippen LogP contribution is 2.25. The van der Waals surface area contributed by atoms with Crippen molar-refractivity contribution in [3.63, 3.8) is 0 Å². The SMILES string of the molecule is COc1ccc(COc2nc(Br)cnc2NS(=O)(=O)c2ccc(C)cc2)cn1. The van der Waals surface area contributed by atoms with Gasteiger partial charge in [-0.15, -0.1) is 0 Å². The molecule has 10 heteroatoms. The summed E-state index contributed by atoms with van der Waals surface area (Å²) in [6, 6.07) is 9.96. The molecule has 3 rings (SSSR count). The summed E-state index contributed by atoms with van der Waals surface area (Å²) >= 11 is 3.21. The lowest BCUT2D eigenvalue weighted by Crippen LogP contribution is -2.15. The first-order valence-electron chi connectivity index (χ1n) is 8.11. The van der Waals surface area contributed by atoms with E-state index in [0.717, 1.165) is 11.1 Å². The van der Waals surface area contributed by atoms with Gasteiger partial charge >= 0.3 is 0 Å². The van der Waals surface area contributed by atoms with Crippen molar-refractivity contribution in [1.29, 1.82) is 0 Å². The van der Waals surface area contributed by atoms with Crippen LogP contribution in [0.15, 0.2) is 58.3 Å². The number of aromatic nitrogens is 3. The number of hydrogen-bond donors (Lipinski definition) is 1. The number of methoxy groups -OCH3 is 1. The highest BCUT2D eigenvalue weighted by Gasteiger charge is 2.19. The second-order valence-electron chi connectivity index (χ2n) is 5.76. The summed E-state index contributed by atoms with van der Waals surface area (Å²) in [5, 5.41) is 0. The zero-order valence-electron chi connectivity index (χ0n) is 15.1. The first kappa shape index (κ1) is 20.0. The summed E-state index contributed by atoms with van der Waals surface area (Å²) < 4.78 is 38.8. The van der Waals surface area contributed by atoms with Crippen molar-refractivity contribution in [2.24, 2.45) is 0 Å². The lowest BCUT2D eigenvalue weighted by Gasteiger charge is -2.12. The molecule has 0 amide bonds. The van der Waals surface area contributed by atoms with Crippen LogP contribution in [0.2, 0.25) is 0 Å². The van der Waals surface area contributed by atoms with Crippen molar-refractivity contribution in [2.75, 3.05) is 11.8 Å². The van der Waals surface area contributed by atoms with Crippen LogP contribution in [-0.2, 0) is 16.6 Å². The first-order valence-corrected chi connectivity index (χ1v) is 10.4. The Bertz CT molecular complexity index is 1060. The average molecular weight is 465 g/mol. The van der Waals surface area contributed by atoms with Gasteiger partial charge in [-0.2, -0.15) is 0 Å². The summed E-state index contributed by atoms with van der Waals surface area (Å²) in [7, 11) is -2.30. The molecule has 0 saturated heterocycles. The summed E-state index contributed by atoms with van der Waals surface area (Å²) in [4.78, 5) is 12.5.